The maximum Gasteiger partial charge on any atom is 0.0309 e. The first-order chi connectivity index (χ1) is 4.98. The summed E-state index contributed by atoms with van der Waals surface area (Å²) in [5, 5.41) is 0. The van der Waals surface area contributed by atoms with E-state index in [2.05, 4.69) is 38.9 Å². The van der Waals surface area contributed by atoms with Gasteiger partial charge in [0.25, 0.3) is 0 Å². The molecule has 0 radical (unpaired) electrons. The molecular formula is C11H22NTi-. The van der Waals surface area contributed by atoms with Crippen molar-refractivity contribution in [3.63, 3.8) is 0 Å². The Labute approximate surface area is 98.8 Å². The number of rotatable bonds is 2. The largest absolute Gasteiger partial charge is 0.376 e. The van der Waals surface area contributed by atoms with Gasteiger partial charge < -0.3 is 12.3 Å². The van der Waals surface area contributed by atoms with Gasteiger partial charge in [0, 0.05) is 34.3 Å². The SMILES string of the molecule is CC=CC=CN(C)C(C)(C)C.[CH3-].[Ti]. The first kappa shape index (κ1) is 18.7. The molecule has 76 valence electrons. The van der Waals surface area contributed by atoms with E-state index in [4.69, 9.17) is 0 Å². The minimum Gasteiger partial charge on any atom is -0.376 e. The van der Waals surface area contributed by atoms with Gasteiger partial charge in [-0.1, -0.05) is 12.2 Å². The van der Waals surface area contributed by atoms with Crippen molar-refractivity contribution in [2.24, 2.45) is 0 Å². The van der Waals surface area contributed by atoms with E-state index < -0.39 is 0 Å². The Bertz CT molecular complexity index is 154. The van der Waals surface area contributed by atoms with E-state index >= 15 is 0 Å². The standard InChI is InChI=1S/C10H19N.CH3.Ti/c1-6-7-8-9-11(5)10(2,3)4;;/h6-9H,1-5H3;1H3;/q;-1;. The zero-order chi connectivity index (χ0) is 8.91. The second-order valence-electron chi connectivity index (χ2n) is 3.65. The van der Waals surface area contributed by atoms with Gasteiger partial charge in [-0.2, -0.15) is 0 Å². The Morgan fingerprint density at radius 3 is 1.85 bits per heavy atom. The molecule has 0 fully saturated rings. The summed E-state index contributed by atoms with van der Waals surface area (Å²) >= 11 is 0. The molecule has 0 aromatic heterocycles. The molecule has 1 nitrogen and oxygen atoms in total. The molecule has 0 saturated heterocycles. The van der Waals surface area contributed by atoms with Crippen LogP contribution in [-0.2, 0) is 21.7 Å². The van der Waals surface area contributed by atoms with Crippen molar-refractivity contribution in [1.29, 1.82) is 0 Å². The first-order valence-electron chi connectivity index (χ1n) is 4.01. The summed E-state index contributed by atoms with van der Waals surface area (Å²) in [5.41, 5.74) is 0.220. The van der Waals surface area contributed by atoms with Crippen molar-refractivity contribution in [2.45, 2.75) is 33.2 Å². The molecule has 0 amide bonds. The Morgan fingerprint density at radius 2 is 1.54 bits per heavy atom. The van der Waals surface area contributed by atoms with Crippen LogP contribution in [0.3, 0.4) is 0 Å². The molecule has 0 spiro atoms. The minimum atomic E-state index is 0. The molecule has 0 rings (SSSR count). The van der Waals surface area contributed by atoms with Gasteiger partial charge in [-0.15, -0.1) is 0 Å². The van der Waals surface area contributed by atoms with Crippen molar-refractivity contribution >= 4 is 0 Å². The molecule has 13 heavy (non-hydrogen) atoms. The third kappa shape index (κ3) is 9.91. The normalized spacial score (nSPS) is 11.2. The molecule has 0 unspecified atom stereocenters. The quantitative estimate of drug-likeness (QED) is 0.389. The van der Waals surface area contributed by atoms with Gasteiger partial charge in [-0.3, -0.25) is 0 Å². The number of nitrogens with zero attached hydrogens (tertiary/aromatic N) is 1. The van der Waals surface area contributed by atoms with Crippen LogP contribution in [0.2, 0.25) is 0 Å². The van der Waals surface area contributed by atoms with Crippen LogP contribution in [0.15, 0.2) is 24.4 Å². The topological polar surface area (TPSA) is 3.24 Å². The predicted octanol–water partition coefficient (Wildman–Crippen LogP) is 3.25. The van der Waals surface area contributed by atoms with Gasteiger partial charge in [0.1, 0.15) is 0 Å². The maximum absolute atomic E-state index is 2.19. The van der Waals surface area contributed by atoms with Crippen LogP contribution in [0.25, 0.3) is 0 Å². The summed E-state index contributed by atoms with van der Waals surface area (Å²) in [7, 11) is 2.08. The molecule has 2 heteroatoms. The molecule has 0 atom stereocenters. The van der Waals surface area contributed by atoms with Crippen molar-refractivity contribution in [2.75, 3.05) is 7.05 Å². The van der Waals surface area contributed by atoms with Crippen LogP contribution in [0.4, 0.5) is 0 Å². The summed E-state index contributed by atoms with van der Waals surface area (Å²) in [4.78, 5) is 2.19. The van der Waals surface area contributed by atoms with Crippen molar-refractivity contribution < 1.29 is 21.7 Å². The third-order valence-electron chi connectivity index (χ3n) is 1.67. The molecular weight excluding hydrogens is 194 g/mol. The number of hydrogen-bond donors (Lipinski definition) is 0. The van der Waals surface area contributed by atoms with Gasteiger partial charge in [0.15, 0.2) is 0 Å². The summed E-state index contributed by atoms with van der Waals surface area (Å²) < 4.78 is 0. The fourth-order valence-electron chi connectivity index (χ4n) is 0.514. The van der Waals surface area contributed by atoms with E-state index in [0.29, 0.717) is 0 Å². The van der Waals surface area contributed by atoms with E-state index in [1.54, 1.807) is 0 Å². The van der Waals surface area contributed by atoms with E-state index in [1.165, 1.54) is 0 Å². The smallest absolute Gasteiger partial charge is 0.0309 e. The van der Waals surface area contributed by atoms with Gasteiger partial charge in [-0.05, 0) is 40.0 Å². The van der Waals surface area contributed by atoms with Gasteiger partial charge >= 0.3 is 0 Å². The van der Waals surface area contributed by atoms with Crippen LogP contribution in [0.5, 0.6) is 0 Å². The van der Waals surface area contributed by atoms with Gasteiger partial charge in [0.2, 0.25) is 0 Å². The van der Waals surface area contributed by atoms with Crippen LogP contribution in [0, 0.1) is 7.43 Å². The molecule has 0 aromatic rings. The third-order valence-corrected chi connectivity index (χ3v) is 1.67. The maximum atomic E-state index is 2.19. The average molecular weight is 216 g/mol. The van der Waals surface area contributed by atoms with E-state index in [-0.39, 0.29) is 34.7 Å². The molecule has 0 aliphatic heterocycles. The zero-order valence-electron chi connectivity index (χ0n) is 9.76. The summed E-state index contributed by atoms with van der Waals surface area (Å²) in [5.74, 6) is 0. The second kappa shape index (κ2) is 8.59. The Balaban J connectivity index is -0.000000500. The summed E-state index contributed by atoms with van der Waals surface area (Å²) in [6, 6.07) is 0. The number of hydrogen-bond acceptors (Lipinski definition) is 1. The minimum absolute atomic E-state index is 0. The summed E-state index contributed by atoms with van der Waals surface area (Å²) in [6.45, 7) is 8.58. The molecule has 0 bridgehead atoms. The van der Waals surface area contributed by atoms with Crippen LogP contribution in [-0.4, -0.2) is 17.5 Å². The fraction of sp³-hybridized carbons (Fsp3) is 0.545. The van der Waals surface area contributed by atoms with Crippen LogP contribution < -0.4 is 0 Å². The van der Waals surface area contributed by atoms with Gasteiger partial charge in [-0.25, -0.2) is 0 Å². The second-order valence-corrected chi connectivity index (χ2v) is 3.65. The van der Waals surface area contributed by atoms with E-state index in [9.17, 15) is 0 Å². The first-order valence-corrected chi connectivity index (χ1v) is 4.01. The monoisotopic (exact) mass is 216 g/mol. The summed E-state index contributed by atoms with van der Waals surface area (Å²) in [6.07, 6.45) is 8.18. The van der Waals surface area contributed by atoms with Crippen molar-refractivity contribution in [1.82, 2.24) is 4.90 Å². The molecule has 0 aliphatic carbocycles. The average Bonchev–Trinajstić information content (AvgIpc) is 1.86. The molecule has 0 heterocycles. The Hall–Kier alpha value is -0.00571. The van der Waals surface area contributed by atoms with E-state index in [1.807, 2.05) is 25.2 Å². The molecule has 0 N–H and O–H groups in total. The van der Waals surface area contributed by atoms with Crippen molar-refractivity contribution in [3.05, 3.63) is 31.9 Å². The molecule has 0 aromatic carbocycles. The predicted molar refractivity (Wildman–Crippen MR) is 57.9 cm³/mol. The number of allylic oxidation sites excluding steroid dienone is 3. The van der Waals surface area contributed by atoms with Gasteiger partial charge in [0.05, 0.1) is 0 Å². The van der Waals surface area contributed by atoms with Crippen LogP contribution in [0.1, 0.15) is 27.7 Å². The molecule has 0 aliphatic rings. The Morgan fingerprint density at radius 1 is 1.08 bits per heavy atom. The van der Waals surface area contributed by atoms with E-state index in [0.717, 1.165) is 0 Å². The fourth-order valence-corrected chi connectivity index (χ4v) is 0.514. The zero-order valence-corrected chi connectivity index (χ0v) is 11.3. The van der Waals surface area contributed by atoms with Crippen molar-refractivity contribution in [3.8, 4) is 0 Å². The molecule has 0 saturated carbocycles. The van der Waals surface area contributed by atoms with Crippen LogP contribution >= 0.6 is 0 Å². The Kier molecular flexibility index (Phi) is 12.4.